The quantitative estimate of drug-likeness (QED) is 0.771. The van der Waals surface area contributed by atoms with Gasteiger partial charge in [-0.3, -0.25) is 4.79 Å². The monoisotopic (exact) mass is 216 g/mol. The molecule has 0 atom stereocenters. The lowest BCUT2D eigenvalue weighted by Crippen LogP contribution is -2.21. The first kappa shape index (κ1) is 10.4. The Kier molecular flexibility index (Phi) is 2.72. The van der Waals surface area contributed by atoms with Crippen molar-refractivity contribution in [2.45, 2.75) is 0 Å². The van der Waals surface area contributed by atoms with Gasteiger partial charge in [-0.2, -0.15) is 0 Å². The van der Waals surface area contributed by atoms with Crippen molar-refractivity contribution in [3.63, 3.8) is 0 Å². The van der Waals surface area contributed by atoms with Gasteiger partial charge >= 0.3 is 0 Å². The van der Waals surface area contributed by atoms with E-state index in [1.54, 1.807) is 37.2 Å². The molecule has 0 radical (unpaired) electrons. The summed E-state index contributed by atoms with van der Waals surface area (Å²) in [5.41, 5.74) is 2.37. The summed E-state index contributed by atoms with van der Waals surface area (Å²) in [6, 6.07) is 9.06. The van der Waals surface area contributed by atoms with Crippen LogP contribution in [0.15, 0.2) is 41.1 Å². The van der Waals surface area contributed by atoms with Gasteiger partial charge in [0.05, 0.1) is 0 Å². The molecule has 1 aromatic carbocycles. The number of hydrogen-bond donors (Lipinski definition) is 0. The summed E-state index contributed by atoms with van der Waals surface area (Å²) in [6.07, 6.45) is 1.52. The molecular formula is C12H12N2O2. The van der Waals surface area contributed by atoms with E-state index < -0.39 is 0 Å². The molecule has 2 rings (SSSR count). The summed E-state index contributed by atoms with van der Waals surface area (Å²) in [5.74, 6) is -0.00768. The first-order valence-electron chi connectivity index (χ1n) is 4.91. The molecule has 4 heteroatoms. The summed E-state index contributed by atoms with van der Waals surface area (Å²) in [5, 5.41) is 3.83. The van der Waals surface area contributed by atoms with E-state index in [9.17, 15) is 4.79 Å². The summed E-state index contributed by atoms with van der Waals surface area (Å²) in [7, 11) is 3.46. The Bertz CT molecular complexity index is 472. The lowest BCUT2D eigenvalue weighted by atomic mass is 10.1. The number of rotatable bonds is 2. The van der Waals surface area contributed by atoms with E-state index in [1.165, 1.54) is 6.26 Å². The zero-order valence-electron chi connectivity index (χ0n) is 9.18. The number of benzene rings is 1. The fourth-order valence-electron chi connectivity index (χ4n) is 1.40. The highest BCUT2D eigenvalue weighted by molar-refractivity contribution is 5.94. The number of nitrogens with zero attached hydrogens (tertiary/aromatic N) is 2. The molecule has 0 N–H and O–H groups in total. The summed E-state index contributed by atoms with van der Waals surface area (Å²) in [6.45, 7) is 0. The highest BCUT2D eigenvalue weighted by Gasteiger charge is 2.08. The van der Waals surface area contributed by atoms with Crippen molar-refractivity contribution in [1.82, 2.24) is 10.1 Å². The highest BCUT2D eigenvalue weighted by Crippen LogP contribution is 2.17. The second-order valence-electron chi connectivity index (χ2n) is 3.66. The minimum absolute atomic E-state index is 0.00768. The molecule has 0 unspecified atom stereocenters. The van der Waals surface area contributed by atoms with Crippen molar-refractivity contribution in [2.24, 2.45) is 0 Å². The first-order valence-corrected chi connectivity index (χ1v) is 4.91. The number of carbonyl (C=O) groups excluding carboxylic acids is 1. The first-order chi connectivity index (χ1) is 7.68. The standard InChI is InChI=1S/C12H12N2O2/c1-14(2)12(15)10-5-3-9(4-6-10)11-7-8-16-13-11/h3-8H,1-2H3. The number of hydrogen-bond acceptors (Lipinski definition) is 3. The van der Waals surface area contributed by atoms with Gasteiger partial charge in [0.25, 0.3) is 5.91 Å². The zero-order valence-corrected chi connectivity index (χ0v) is 9.18. The van der Waals surface area contributed by atoms with Crippen LogP contribution in [0.4, 0.5) is 0 Å². The molecule has 1 amide bonds. The number of amides is 1. The van der Waals surface area contributed by atoms with Crippen molar-refractivity contribution in [3.8, 4) is 11.3 Å². The predicted octanol–water partition coefficient (Wildman–Crippen LogP) is 2.04. The molecule has 0 spiro atoms. The largest absolute Gasteiger partial charge is 0.364 e. The molecule has 2 aromatic rings. The molecule has 4 nitrogen and oxygen atoms in total. The Labute approximate surface area is 93.5 Å². The van der Waals surface area contributed by atoms with E-state index in [4.69, 9.17) is 4.52 Å². The van der Waals surface area contributed by atoms with Gasteiger partial charge in [-0.05, 0) is 12.1 Å². The van der Waals surface area contributed by atoms with Crippen molar-refractivity contribution in [3.05, 3.63) is 42.2 Å². The van der Waals surface area contributed by atoms with E-state index in [0.29, 0.717) is 5.56 Å². The van der Waals surface area contributed by atoms with Gasteiger partial charge in [0, 0.05) is 31.3 Å². The van der Waals surface area contributed by atoms with Gasteiger partial charge in [-0.1, -0.05) is 17.3 Å². The van der Waals surface area contributed by atoms with Crippen LogP contribution in [0.5, 0.6) is 0 Å². The van der Waals surface area contributed by atoms with Crippen LogP contribution in [0.3, 0.4) is 0 Å². The summed E-state index contributed by atoms with van der Waals surface area (Å²) < 4.78 is 4.76. The Morgan fingerprint density at radius 2 is 1.88 bits per heavy atom. The van der Waals surface area contributed by atoms with Crippen LogP contribution in [0.25, 0.3) is 11.3 Å². The molecule has 0 fully saturated rings. The minimum Gasteiger partial charge on any atom is -0.364 e. The molecule has 1 heterocycles. The molecule has 0 aliphatic carbocycles. The van der Waals surface area contributed by atoms with Crippen LogP contribution < -0.4 is 0 Å². The van der Waals surface area contributed by atoms with Gasteiger partial charge in [0.15, 0.2) is 0 Å². The lowest BCUT2D eigenvalue weighted by molar-refractivity contribution is 0.0827. The molecule has 0 aliphatic heterocycles. The Morgan fingerprint density at radius 1 is 1.19 bits per heavy atom. The second-order valence-corrected chi connectivity index (χ2v) is 3.66. The Hall–Kier alpha value is -2.10. The molecule has 1 aromatic heterocycles. The van der Waals surface area contributed by atoms with E-state index in [1.807, 2.05) is 12.1 Å². The molecule has 0 saturated heterocycles. The van der Waals surface area contributed by atoms with E-state index in [2.05, 4.69) is 5.16 Å². The van der Waals surface area contributed by atoms with Crippen molar-refractivity contribution >= 4 is 5.91 Å². The lowest BCUT2D eigenvalue weighted by Gasteiger charge is -2.09. The summed E-state index contributed by atoms with van der Waals surface area (Å²) in [4.78, 5) is 13.2. The van der Waals surface area contributed by atoms with Crippen LogP contribution in [0.1, 0.15) is 10.4 Å². The molecule has 0 bridgehead atoms. The Morgan fingerprint density at radius 3 is 2.38 bits per heavy atom. The summed E-state index contributed by atoms with van der Waals surface area (Å²) >= 11 is 0. The third-order valence-electron chi connectivity index (χ3n) is 2.27. The van der Waals surface area contributed by atoms with E-state index >= 15 is 0 Å². The normalized spacial score (nSPS) is 10.1. The molecule has 0 saturated carbocycles. The van der Waals surface area contributed by atoms with Crippen LogP contribution in [-0.4, -0.2) is 30.1 Å². The third kappa shape index (κ3) is 1.95. The third-order valence-corrected chi connectivity index (χ3v) is 2.27. The average molecular weight is 216 g/mol. The highest BCUT2D eigenvalue weighted by atomic mass is 16.5. The SMILES string of the molecule is CN(C)C(=O)c1ccc(-c2ccon2)cc1. The topological polar surface area (TPSA) is 46.3 Å². The van der Waals surface area contributed by atoms with Crippen LogP contribution >= 0.6 is 0 Å². The maximum absolute atomic E-state index is 11.6. The Balaban J connectivity index is 2.27. The van der Waals surface area contributed by atoms with Gasteiger partial charge in [-0.15, -0.1) is 0 Å². The number of aromatic nitrogens is 1. The van der Waals surface area contributed by atoms with Crippen molar-refractivity contribution in [2.75, 3.05) is 14.1 Å². The number of carbonyl (C=O) groups is 1. The zero-order chi connectivity index (χ0) is 11.5. The molecule has 0 aliphatic rings. The smallest absolute Gasteiger partial charge is 0.253 e. The molecular weight excluding hydrogens is 204 g/mol. The van der Waals surface area contributed by atoms with Crippen molar-refractivity contribution in [1.29, 1.82) is 0 Å². The fraction of sp³-hybridized carbons (Fsp3) is 0.167. The van der Waals surface area contributed by atoms with Gasteiger partial charge in [0.1, 0.15) is 12.0 Å². The van der Waals surface area contributed by atoms with Crippen LogP contribution in [-0.2, 0) is 0 Å². The van der Waals surface area contributed by atoms with Gasteiger partial charge < -0.3 is 9.42 Å². The van der Waals surface area contributed by atoms with Crippen LogP contribution in [0.2, 0.25) is 0 Å². The maximum atomic E-state index is 11.6. The van der Waals surface area contributed by atoms with Crippen molar-refractivity contribution < 1.29 is 9.32 Å². The van der Waals surface area contributed by atoms with E-state index in [0.717, 1.165) is 11.3 Å². The predicted molar refractivity (Wildman–Crippen MR) is 60.0 cm³/mol. The molecule has 82 valence electrons. The van der Waals surface area contributed by atoms with E-state index in [-0.39, 0.29) is 5.91 Å². The van der Waals surface area contributed by atoms with Gasteiger partial charge in [-0.25, -0.2) is 0 Å². The fourth-order valence-corrected chi connectivity index (χ4v) is 1.40. The van der Waals surface area contributed by atoms with Gasteiger partial charge in [0.2, 0.25) is 0 Å². The van der Waals surface area contributed by atoms with Crippen LogP contribution in [0, 0.1) is 0 Å². The second kappa shape index (κ2) is 4.18. The average Bonchev–Trinajstić information content (AvgIpc) is 2.81. The minimum atomic E-state index is -0.00768. The molecule has 16 heavy (non-hydrogen) atoms. The maximum Gasteiger partial charge on any atom is 0.253 e.